The van der Waals surface area contributed by atoms with Gasteiger partial charge in [-0.05, 0) is 6.42 Å². The van der Waals surface area contributed by atoms with E-state index >= 15 is 0 Å². The molecule has 1 saturated heterocycles. The summed E-state index contributed by atoms with van der Waals surface area (Å²) in [5, 5.41) is 31.1. The van der Waals surface area contributed by atoms with Crippen LogP contribution in [0.4, 0.5) is 0 Å². The fraction of sp³-hybridized carbons (Fsp3) is 0.909. The summed E-state index contributed by atoms with van der Waals surface area (Å²) in [7, 11) is 0. The minimum Gasteiger partial charge on any atom is -0.394 e. The molecule has 0 aromatic carbocycles. The smallest absolute Gasteiger partial charge is 0.217 e. The molecule has 0 aromatic heterocycles. The monoisotopic (exact) mass is 247 g/mol. The number of hydrogen-bond donors (Lipinski definition) is 4. The number of carbonyl (C=O) groups is 1. The van der Waals surface area contributed by atoms with Crippen LogP contribution >= 0.6 is 0 Å². The van der Waals surface area contributed by atoms with Crippen LogP contribution < -0.4 is 5.32 Å². The fourth-order valence-electron chi connectivity index (χ4n) is 2.37. The van der Waals surface area contributed by atoms with Crippen LogP contribution in [0.5, 0.6) is 0 Å². The van der Waals surface area contributed by atoms with Gasteiger partial charge >= 0.3 is 0 Å². The van der Waals surface area contributed by atoms with E-state index in [4.69, 9.17) is 4.74 Å². The van der Waals surface area contributed by atoms with Crippen molar-refractivity contribution in [2.24, 2.45) is 5.92 Å². The van der Waals surface area contributed by atoms with E-state index in [1.165, 1.54) is 6.92 Å². The van der Waals surface area contributed by atoms with Crippen LogP contribution in [0.1, 0.15) is 20.3 Å². The number of ether oxygens (including phenoxy) is 1. The third-order valence-corrected chi connectivity index (χ3v) is 3.24. The van der Waals surface area contributed by atoms with Gasteiger partial charge in [0.15, 0.2) is 0 Å². The Morgan fingerprint density at radius 3 is 2.29 bits per heavy atom. The number of hydrogen-bond acceptors (Lipinski definition) is 5. The molecule has 1 amide bonds. The molecule has 1 aliphatic heterocycles. The van der Waals surface area contributed by atoms with E-state index in [1.807, 2.05) is 6.92 Å². The predicted molar refractivity (Wildman–Crippen MR) is 60.2 cm³/mol. The van der Waals surface area contributed by atoms with Gasteiger partial charge in [-0.2, -0.15) is 0 Å². The first-order valence-corrected chi connectivity index (χ1v) is 5.87. The normalized spacial score (nSPS) is 37.8. The minimum atomic E-state index is -0.827. The van der Waals surface area contributed by atoms with Crippen LogP contribution in [0.2, 0.25) is 0 Å². The Morgan fingerprint density at radius 1 is 1.29 bits per heavy atom. The minimum absolute atomic E-state index is 0.209. The van der Waals surface area contributed by atoms with Gasteiger partial charge in [0.1, 0.15) is 6.10 Å². The first kappa shape index (κ1) is 14.4. The molecule has 6 heteroatoms. The highest BCUT2D eigenvalue weighted by atomic mass is 16.5. The van der Waals surface area contributed by atoms with Gasteiger partial charge in [0, 0.05) is 12.8 Å². The maximum atomic E-state index is 11.1. The predicted octanol–water partition coefficient (Wildman–Crippen LogP) is -1.37. The number of carbonyl (C=O) groups excluding carboxylic acids is 1. The summed E-state index contributed by atoms with van der Waals surface area (Å²) in [4.78, 5) is 11.1. The number of aliphatic hydroxyl groups is 3. The van der Waals surface area contributed by atoms with Crippen molar-refractivity contribution in [1.82, 2.24) is 5.32 Å². The van der Waals surface area contributed by atoms with Gasteiger partial charge in [-0.15, -0.1) is 0 Å². The van der Waals surface area contributed by atoms with Gasteiger partial charge in [-0.25, -0.2) is 0 Å². The van der Waals surface area contributed by atoms with Crippen molar-refractivity contribution < 1.29 is 24.9 Å². The third kappa shape index (κ3) is 3.16. The third-order valence-electron chi connectivity index (χ3n) is 3.24. The first-order valence-electron chi connectivity index (χ1n) is 5.87. The van der Waals surface area contributed by atoms with Crippen molar-refractivity contribution >= 4 is 5.91 Å². The Hall–Kier alpha value is -0.690. The molecule has 0 aromatic rings. The molecule has 1 aliphatic rings. The molecular formula is C11H21NO5. The second kappa shape index (κ2) is 6.30. The Morgan fingerprint density at radius 2 is 1.88 bits per heavy atom. The molecule has 2 unspecified atom stereocenters. The summed E-state index contributed by atoms with van der Waals surface area (Å²) >= 11 is 0. The zero-order chi connectivity index (χ0) is 13.0. The Kier molecular flexibility index (Phi) is 5.32. The van der Waals surface area contributed by atoms with Crippen molar-refractivity contribution in [3.05, 3.63) is 0 Å². The number of nitrogens with one attached hydrogen (secondary N) is 1. The molecule has 5 atom stereocenters. The second-order valence-electron chi connectivity index (χ2n) is 4.37. The lowest BCUT2D eigenvalue weighted by atomic mass is 9.83. The van der Waals surface area contributed by atoms with Gasteiger partial charge in [0.2, 0.25) is 5.91 Å². The Labute approximate surface area is 101 Å². The van der Waals surface area contributed by atoms with E-state index in [-0.39, 0.29) is 25.0 Å². The van der Waals surface area contributed by atoms with Crippen molar-refractivity contribution in [3.8, 4) is 0 Å². The molecule has 0 saturated carbocycles. The topological polar surface area (TPSA) is 99.0 Å². The van der Waals surface area contributed by atoms with Crippen molar-refractivity contribution in [2.45, 2.75) is 44.6 Å². The fourth-order valence-corrected chi connectivity index (χ4v) is 2.37. The highest BCUT2D eigenvalue weighted by Gasteiger charge is 2.43. The summed E-state index contributed by atoms with van der Waals surface area (Å²) in [6, 6.07) is -0.634. The summed E-state index contributed by atoms with van der Waals surface area (Å²) in [5.74, 6) is -0.534. The second-order valence-corrected chi connectivity index (χ2v) is 4.37. The van der Waals surface area contributed by atoms with Crippen molar-refractivity contribution in [1.29, 1.82) is 0 Å². The van der Waals surface area contributed by atoms with Crippen LogP contribution in [-0.2, 0) is 9.53 Å². The zero-order valence-electron chi connectivity index (χ0n) is 10.2. The number of amides is 1. The maximum absolute atomic E-state index is 11.1. The average Bonchev–Trinajstić information content (AvgIpc) is 2.30. The summed E-state index contributed by atoms with van der Waals surface area (Å²) in [5.41, 5.74) is 0. The largest absolute Gasteiger partial charge is 0.394 e. The standard InChI is InChI=1S/C11H21NO5/c1-3-7-8(4-13)17-9(5-14)10(11(7)16)12-6(2)15/h7-11,13-14,16H,3-5H2,1-2H3,(H,12,15)/t7-,8?,9+,10?,11-/m1/s1. The van der Waals surface area contributed by atoms with Crippen LogP contribution in [0.15, 0.2) is 0 Å². The summed E-state index contributed by atoms with van der Waals surface area (Å²) < 4.78 is 5.50. The molecule has 0 spiro atoms. The van der Waals surface area contributed by atoms with E-state index in [9.17, 15) is 20.1 Å². The van der Waals surface area contributed by atoms with E-state index < -0.39 is 24.4 Å². The van der Waals surface area contributed by atoms with E-state index in [2.05, 4.69) is 5.32 Å². The molecule has 0 aliphatic carbocycles. The van der Waals surface area contributed by atoms with Crippen LogP contribution in [0.25, 0.3) is 0 Å². The van der Waals surface area contributed by atoms with Gasteiger partial charge < -0.3 is 25.4 Å². The molecule has 17 heavy (non-hydrogen) atoms. The van der Waals surface area contributed by atoms with E-state index in [0.29, 0.717) is 6.42 Å². The molecule has 1 fully saturated rings. The lowest BCUT2D eigenvalue weighted by Gasteiger charge is -2.44. The highest BCUT2D eigenvalue weighted by molar-refractivity contribution is 5.73. The average molecular weight is 247 g/mol. The molecule has 0 bridgehead atoms. The highest BCUT2D eigenvalue weighted by Crippen LogP contribution is 2.28. The summed E-state index contributed by atoms with van der Waals surface area (Å²) in [6.07, 6.45) is -1.39. The molecule has 1 rings (SSSR count). The Balaban J connectivity index is 2.83. The quantitative estimate of drug-likeness (QED) is 0.491. The molecular weight excluding hydrogens is 226 g/mol. The lowest BCUT2D eigenvalue weighted by molar-refractivity contribution is -0.179. The van der Waals surface area contributed by atoms with Gasteiger partial charge in [0.25, 0.3) is 0 Å². The van der Waals surface area contributed by atoms with Gasteiger partial charge in [0.05, 0.1) is 31.5 Å². The van der Waals surface area contributed by atoms with Crippen molar-refractivity contribution in [2.75, 3.05) is 13.2 Å². The molecule has 100 valence electrons. The van der Waals surface area contributed by atoms with E-state index in [0.717, 1.165) is 0 Å². The molecule has 0 radical (unpaired) electrons. The lowest BCUT2D eigenvalue weighted by Crippen LogP contribution is -2.62. The maximum Gasteiger partial charge on any atom is 0.217 e. The van der Waals surface area contributed by atoms with Crippen molar-refractivity contribution in [3.63, 3.8) is 0 Å². The van der Waals surface area contributed by atoms with Crippen LogP contribution in [-0.4, -0.2) is 58.8 Å². The zero-order valence-corrected chi connectivity index (χ0v) is 10.2. The summed E-state index contributed by atoms with van der Waals surface area (Å²) in [6.45, 7) is 2.71. The SMILES string of the molecule is CC[C@@H]1C(CO)O[C@@H](CO)C(NC(C)=O)[C@@H]1O. The van der Waals surface area contributed by atoms with E-state index in [1.54, 1.807) is 0 Å². The van der Waals surface area contributed by atoms with Gasteiger partial charge in [-0.3, -0.25) is 4.79 Å². The molecule has 4 N–H and O–H groups in total. The van der Waals surface area contributed by atoms with Crippen LogP contribution in [0.3, 0.4) is 0 Å². The molecule has 6 nitrogen and oxygen atoms in total. The number of aliphatic hydroxyl groups excluding tert-OH is 3. The number of rotatable bonds is 4. The van der Waals surface area contributed by atoms with Gasteiger partial charge in [-0.1, -0.05) is 6.92 Å². The molecule has 1 heterocycles. The van der Waals surface area contributed by atoms with Crippen LogP contribution in [0, 0.1) is 5.92 Å². The first-order chi connectivity index (χ1) is 8.04. The Bertz CT molecular complexity index is 260.